The number of nitrogens with zero attached hydrogens (tertiary/aromatic N) is 2. The maximum Gasteiger partial charge on any atom is 0.416 e. The zero-order valence-corrected chi connectivity index (χ0v) is 12.8. The molecule has 0 unspecified atom stereocenters. The van der Waals surface area contributed by atoms with Crippen LogP contribution in [0.3, 0.4) is 0 Å². The van der Waals surface area contributed by atoms with Crippen LogP contribution in [0.5, 0.6) is 0 Å². The van der Waals surface area contributed by atoms with Crippen LogP contribution in [0.25, 0.3) is 0 Å². The summed E-state index contributed by atoms with van der Waals surface area (Å²) in [6.45, 7) is -0.968. The summed E-state index contributed by atoms with van der Waals surface area (Å²) in [6.07, 6.45) is -9.88. The highest BCUT2D eigenvalue weighted by atomic mass is 19.4. The molecule has 1 aliphatic heterocycles. The van der Waals surface area contributed by atoms with Crippen LogP contribution in [0.4, 0.5) is 26.3 Å². The summed E-state index contributed by atoms with van der Waals surface area (Å²) >= 11 is 0. The molecule has 0 aliphatic carbocycles. The summed E-state index contributed by atoms with van der Waals surface area (Å²) in [6, 6.07) is 3.11. The van der Waals surface area contributed by atoms with Crippen molar-refractivity contribution in [3.8, 4) is 6.07 Å². The third-order valence-electron chi connectivity index (χ3n) is 3.94. The van der Waals surface area contributed by atoms with Crippen molar-refractivity contribution in [2.75, 3.05) is 26.4 Å². The van der Waals surface area contributed by atoms with Gasteiger partial charge >= 0.3 is 12.4 Å². The van der Waals surface area contributed by atoms with Gasteiger partial charge in [-0.1, -0.05) is 0 Å². The van der Waals surface area contributed by atoms with Crippen LogP contribution in [-0.2, 0) is 23.6 Å². The van der Waals surface area contributed by atoms with E-state index in [0.717, 1.165) is 0 Å². The SMILES string of the molecule is N#C[C@@]1(CO)COCCN1Cc1cc(C(F)(F)F)cc(C(F)(F)F)c1. The number of aliphatic hydroxyl groups excluding tert-OH is 1. The molecule has 138 valence electrons. The highest BCUT2D eigenvalue weighted by Crippen LogP contribution is 2.37. The van der Waals surface area contributed by atoms with E-state index in [1.807, 2.05) is 6.07 Å². The van der Waals surface area contributed by atoms with E-state index in [4.69, 9.17) is 4.74 Å². The predicted octanol–water partition coefficient (Wildman–Crippen LogP) is 2.81. The Bertz CT molecular complexity index is 635. The lowest BCUT2D eigenvalue weighted by molar-refractivity contribution is -0.143. The Kier molecular flexibility index (Phi) is 5.32. The Hall–Kier alpha value is -1.83. The molecule has 0 spiro atoms. The molecule has 10 heteroatoms. The van der Waals surface area contributed by atoms with Crippen molar-refractivity contribution in [1.82, 2.24) is 4.90 Å². The monoisotopic (exact) mass is 368 g/mol. The van der Waals surface area contributed by atoms with Crippen molar-refractivity contribution in [1.29, 1.82) is 5.26 Å². The van der Waals surface area contributed by atoms with Gasteiger partial charge in [0.05, 0.1) is 37.0 Å². The minimum Gasteiger partial charge on any atom is -0.393 e. The average molecular weight is 368 g/mol. The van der Waals surface area contributed by atoms with Gasteiger partial charge in [0.15, 0.2) is 5.54 Å². The number of halogens is 6. The molecular formula is C15H14F6N2O2. The van der Waals surface area contributed by atoms with Crippen molar-refractivity contribution in [2.45, 2.75) is 24.4 Å². The smallest absolute Gasteiger partial charge is 0.393 e. The Morgan fingerprint density at radius 3 is 2.12 bits per heavy atom. The van der Waals surface area contributed by atoms with Crippen LogP contribution in [0.2, 0.25) is 0 Å². The highest BCUT2D eigenvalue weighted by Gasteiger charge is 2.41. The molecule has 1 atom stereocenters. The van der Waals surface area contributed by atoms with Gasteiger partial charge < -0.3 is 9.84 Å². The lowest BCUT2D eigenvalue weighted by Gasteiger charge is -2.40. The standard InChI is InChI=1S/C15H14F6N2O2/c16-14(17,18)11-3-10(4-12(5-11)15(19,20)21)6-23-1-2-25-9-13(23,7-22)8-24/h3-5,24H,1-2,6,8-9H2/t13-/m1/s1. The zero-order valence-electron chi connectivity index (χ0n) is 12.8. The van der Waals surface area contributed by atoms with Gasteiger partial charge in [-0.25, -0.2) is 0 Å². The van der Waals surface area contributed by atoms with E-state index in [9.17, 15) is 36.7 Å². The molecular weight excluding hydrogens is 354 g/mol. The van der Waals surface area contributed by atoms with Crippen LogP contribution >= 0.6 is 0 Å². The largest absolute Gasteiger partial charge is 0.416 e. The van der Waals surface area contributed by atoms with E-state index in [1.54, 1.807) is 0 Å². The quantitative estimate of drug-likeness (QED) is 0.834. The third kappa shape index (κ3) is 4.23. The summed E-state index contributed by atoms with van der Waals surface area (Å²) in [5.74, 6) is 0. The van der Waals surface area contributed by atoms with Gasteiger partial charge in [-0.2, -0.15) is 31.6 Å². The van der Waals surface area contributed by atoms with E-state index in [1.165, 1.54) is 4.90 Å². The first-order chi connectivity index (χ1) is 11.5. The van der Waals surface area contributed by atoms with Gasteiger partial charge in [0, 0.05) is 13.1 Å². The second-order valence-corrected chi connectivity index (χ2v) is 5.69. The summed E-state index contributed by atoms with van der Waals surface area (Å²) in [7, 11) is 0. The molecule has 4 nitrogen and oxygen atoms in total. The maximum absolute atomic E-state index is 12.9. The Labute approximate surface area is 139 Å². The zero-order chi connectivity index (χ0) is 18.9. The molecule has 0 amide bonds. The average Bonchev–Trinajstić information content (AvgIpc) is 2.53. The second-order valence-electron chi connectivity index (χ2n) is 5.69. The third-order valence-corrected chi connectivity index (χ3v) is 3.94. The maximum atomic E-state index is 12.9. The second kappa shape index (κ2) is 6.82. The summed E-state index contributed by atoms with van der Waals surface area (Å²) in [5.41, 5.74) is -4.60. The molecule has 1 aromatic rings. The molecule has 1 aliphatic rings. The molecule has 0 radical (unpaired) electrons. The number of hydrogen-bond acceptors (Lipinski definition) is 4. The van der Waals surface area contributed by atoms with Crippen molar-refractivity contribution < 1.29 is 36.2 Å². The van der Waals surface area contributed by atoms with Crippen LogP contribution in [0.1, 0.15) is 16.7 Å². The van der Waals surface area contributed by atoms with Gasteiger partial charge in [-0.15, -0.1) is 0 Å². The Balaban J connectivity index is 2.43. The lowest BCUT2D eigenvalue weighted by atomic mass is 9.97. The summed E-state index contributed by atoms with van der Waals surface area (Å²) < 4.78 is 82.5. The van der Waals surface area contributed by atoms with Crippen LogP contribution in [-0.4, -0.2) is 41.9 Å². The van der Waals surface area contributed by atoms with Crippen LogP contribution in [0.15, 0.2) is 18.2 Å². The number of ether oxygens (including phenoxy) is 1. The Morgan fingerprint density at radius 1 is 1.12 bits per heavy atom. The van der Waals surface area contributed by atoms with Crippen LogP contribution in [0, 0.1) is 11.3 Å². The van der Waals surface area contributed by atoms with E-state index < -0.39 is 35.6 Å². The molecule has 1 N–H and O–H groups in total. The van der Waals surface area contributed by atoms with Crippen molar-refractivity contribution in [2.24, 2.45) is 0 Å². The fourth-order valence-electron chi connectivity index (χ4n) is 2.57. The first-order valence-electron chi connectivity index (χ1n) is 7.15. The molecule has 0 saturated carbocycles. The van der Waals surface area contributed by atoms with Crippen molar-refractivity contribution in [3.05, 3.63) is 34.9 Å². The molecule has 1 saturated heterocycles. The normalized spacial score (nSPS) is 22.6. The first kappa shape index (κ1) is 19.5. The van der Waals surface area contributed by atoms with Gasteiger partial charge in [0.2, 0.25) is 0 Å². The van der Waals surface area contributed by atoms with E-state index in [0.29, 0.717) is 12.1 Å². The van der Waals surface area contributed by atoms with E-state index in [-0.39, 0.29) is 37.9 Å². The minimum absolute atomic E-state index is 0.0480. The number of benzene rings is 1. The Morgan fingerprint density at radius 2 is 1.68 bits per heavy atom. The molecule has 0 bridgehead atoms. The molecule has 2 rings (SSSR count). The number of morpholine rings is 1. The fourth-order valence-corrected chi connectivity index (χ4v) is 2.57. The molecule has 1 aromatic carbocycles. The van der Waals surface area contributed by atoms with Crippen molar-refractivity contribution >= 4 is 0 Å². The van der Waals surface area contributed by atoms with Gasteiger partial charge in [0.25, 0.3) is 0 Å². The topological polar surface area (TPSA) is 56.5 Å². The van der Waals surface area contributed by atoms with Crippen LogP contribution < -0.4 is 0 Å². The molecule has 0 aromatic heterocycles. The number of aliphatic hydroxyl groups is 1. The first-order valence-corrected chi connectivity index (χ1v) is 7.15. The van der Waals surface area contributed by atoms with Gasteiger partial charge in [-0.05, 0) is 23.8 Å². The van der Waals surface area contributed by atoms with Gasteiger partial charge in [0.1, 0.15) is 0 Å². The minimum atomic E-state index is -4.94. The number of hydrogen-bond donors (Lipinski definition) is 1. The molecule has 25 heavy (non-hydrogen) atoms. The van der Waals surface area contributed by atoms with E-state index in [2.05, 4.69) is 0 Å². The number of rotatable bonds is 3. The van der Waals surface area contributed by atoms with E-state index >= 15 is 0 Å². The fraction of sp³-hybridized carbons (Fsp3) is 0.533. The molecule has 1 heterocycles. The highest BCUT2D eigenvalue weighted by molar-refractivity contribution is 5.34. The predicted molar refractivity (Wildman–Crippen MR) is 73.1 cm³/mol. The summed E-state index contributed by atoms with van der Waals surface area (Å²) in [5, 5.41) is 18.7. The summed E-state index contributed by atoms with van der Waals surface area (Å²) in [4.78, 5) is 1.33. The van der Waals surface area contributed by atoms with Gasteiger partial charge in [-0.3, -0.25) is 4.90 Å². The lowest BCUT2D eigenvalue weighted by Crippen LogP contribution is -2.57. The number of alkyl halides is 6. The molecule has 1 fully saturated rings. The number of nitriles is 1. The van der Waals surface area contributed by atoms with Crippen molar-refractivity contribution in [3.63, 3.8) is 0 Å².